The fraction of sp³-hybridized carbons (Fsp3) is 0.684. The summed E-state index contributed by atoms with van der Waals surface area (Å²) in [4.78, 5) is 14.2. The van der Waals surface area contributed by atoms with Crippen LogP contribution in [-0.2, 0) is 14.3 Å². The molecule has 0 spiro atoms. The first-order valence-electron chi connectivity index (χ1n) is 9.34. The van der Waals surface area contributed by atoms with E-state index in [1.165, 1.54) is 18.0 Å². The summed E-state index contributed by atoms with van der Waals surface area (Å²) in [5.74, 6) is 0.457. The van der Waals surface area contributed by atoms with E-state index in [0.717, 1.165) is 37.2 Å². The number of ether oxygens (including phenoxy) is 2. The Hall–Kier alpha value is -1.70. The Balaban J connectivity index is 1.35. The topological polar surface area (TPSA) is 77.7 Å². The maximum atomic E-state index is 12.3. The largest absolute Gasteiger partial charge is 0.619 e. The summed E-state index contributed by atoms with van der Waals surface area (Å²) in [5.41, 5.74) is 1.04. The van der Waals surface area contributed by atoms with Crippen LogP contribution in [0.4, 0.5) is 0 Å². The molecule has 2 aliphatic heterocycles. The van der Waals surface area contributed by atoms with Crippen LogP contribution in [0.25, 0.3) is 0 Å². The molecule has 7 heteroatoms. The maximum absolute atomic E-state index is 12.3. The van der Waals surface area contributed by atoms with E-state index in [0.29, 0.717) is 19.1 Å². The minimum Gasteiger partial charge on any atom is -0.619 e. The van der Waals surface area contributed by atoms with Gasteiger partial charge in [0, 0.05) is 31.8 Å². The van der Waals surface area contributed by atoms with E-state index in [1.54, 1.807) is 0 Å². The normalized spacial score (nSPS) is 23.8. The lowest BCUT2D eigenvalue weighted by molar-refractivity contribution is -0.605. The van der Waals surface area contributed by atoms with Gasteiger partial charge < -0.3 is 24.9 Å². The van der Waals surface area contributed by atoms with Gasteiger partial charge in [-0.1, -0.05) is 0 Å². The van der Waals surface area contributed by atoms with Crippen LogP contribution in [0.5, 0.6) is 0 Å². The molecule has 26 heavy (non-hydrogen) atoms. The van der Waals surface area contributed by atoms with Gasteiger partial charge in [-0.3, -0.25) is 4.79 Å². The van der Waals surface area contributed by atoms with Gasteiger partial charge in [-0.25, -0.2) is 0 Å². The molecule has 7 nitrogen and oxygen atoms in total. The number of hydrogen-bond acceptors (Lipinski definition) is 5. The number of hydrogen-bond donors (Lipinski definition) is 1. The summed E-state index contributed by atoms with van der Waals surface area (Å²) in [6, 6.07) is 3.89. The molecule has 0 aromatic carbocycles. The molecule has 1 N–H and O–H groups in total. The Labute approximate surface area is 154 Å². The van der Waals surface area contributed by atoms with Gasteiger partial charge in [-0.05, 0) is 38.2 Å². The van der Waals surface area contributed by atoms with Crippen molar-refractivity contribution in [3.8, 4) is 0 Å². The molecular weight excluding hydrogens is 334 g/mol. The van der Waals surface area contributed by atoms with Crippen LogP contribution in [0.15, 0.2) is 24.5 Å². The first kappa shape index (κ1) is 19.1. The molecule has 2 fully saturated rings. The van der Waals surface area contributed by atoms with Crippen LogP contribution < -0.4 is 10.0 Å². The number of likely N-dealkylation sites (tertiary alicyclic amines) is 1. The van der Waals surface area contributed by atoms with Crippen molar-refractivity contribution in [2.24, 2.45) is 0 Å². The second-order valence-electron chi connectivity index (χ2n) is 7.81. The highest BCUT2D eigenvalue weighted by Gasteiger charge is 2.28. The molecular formula is C19H29N3O4. The third kappa shape index (κ3) is 5.16. The molecule has 2 aliphatic rings. The van der Waals surface area contributed by atoms with Crippen LogP contribution >= 0.6 is 0 Å². The number of nitrogens with zero attached hydrogens (tertiary/aromatic N) is 2. The zero-order valence-electron chi connectivity index (χ0n) is 15.6. The standard InChI is InChI=1S/C19H29N3O4/c1-19(2)14-20-17(12-26-19)11-25-13-18(23)21-7-3-15(4-8-21)16-5-9-22(24)10-6-16/h5-6,9-10,15,17,20H,3-4,7-8,11-14H2,1-2H3/t17-/m1/s1. The van der Waals surface area contributed by atoms with E-state index in [2.05, 4.69) is 19.2 Å². The summed E-state index contributed by atoms with van der Waals surface area (Å²) in [6.07, 6.45) is 4.90. The van der Waals surface area contributed by atoms with Gasteiger partial charge in [0.25, 0.3) is 0 Å². The average molecular weight is 363 g/mol. The Morgan fingerprint density at radius 3 is 2.69 bits per heavy atom. The highest BCUT2D eigenvalue weighted by atomic mass is 16.5. The third-order valence-electron chi connectivity index (χ3n) is 5.18. The van der Waals surface area contributed by atoms with Crippen molar-refractivity contribution in [3.63, 3.8) is 0 Å². The Morgan fingerprint density at radius 2 is 2.08 bits per heavy atom. The van der Waals surface area contributed by atoms with Gasteiger partial charge in [-0.2, -0.15) is 4.73 Å². The number of morpholine rings is 1. The Kier molecular flexibility index (Phi) is 6.11. The molecule has 144 valence electrons. The van der Waals surface area contributed by atoms with Crippen molar-refractivity contribution in [2.45, 2.75) is 44.2 Å². The first-order valence-corrected chi connectivity index (χ1v) is 9.34. The molecule has 0 unspecified atom stereocenters. The summed E-state index contributed by atoms with van der Waals surface area (Å²) in [7, 11) is 0. The summed E-state index contributed by atoms with van der Waals surface area (Å²) < 4.78 is 12.2. The minimum atomic E-state index is -0.136. The van der Waals surface area contributed by atoms with Crippen LogP contribution in [0.3, 0.4) is 0 Å². The van der Waals surface area contributed by atoms with Gasteiger partial charge in [0.15, 0.2) is 12.4 Å². The smallest absolute Gasteiger partial charge is 0.248 e. The third-order valence-corrected chi connectivity index (χ3v) is 5.18. The molecule has 1 amide bonds. The van der Waals surface area contributed by atoms with Gasteiger partial charge in [0.2, 0.25) is 5.91 Å². The van der Waals surface area contributed by atoms with Gasteiger partial charge >= 0.3 is 0 Å². The molecule has 3 heterocycles. The monoisotopic (exact) mass is 363 g/mol. The fourth-order valence-electron chi connectivity index (χ4n) is 3.47. The quantitative estimate of drug-likeness (QED) is 0.619. The molecule has 0 aliphatic carbocycles. The SMILES string of the molecule is CC1(C)CN[C@H](COCC(=O)N2CCC(c3cc[n+]([O-])cc3)CC2)CO1. The van der Waals surface area contributed by atoms with Crippen LogP contribution in [0.2, 0.25) is 0 Å². The highest BCUT2D eigenvalue weighted by molar-refractivity contribution is 5.77. The van der Waals surface area contributed by atoms with E-state index in [9.17, 15) is 10.0 Å². The number of rotatable bonds is 5. The lowest BCUT2D eigenvalue weighted by atomic mass is 9.90. The van der Waals surface area contributed by atoms with Crippen LogP contribution in [0.1, 0.15) is 38.2 Å². The summed E-state index contributed by atoms with van der Waals surface area (Å²) in [6.45, 7) is 7.57. The molecule has 0 bridgehead atoms. The van der Waals surface area contributed by atoms with E-state index in [1.807, 2.05) is 17.0 Å². The molecule has 2 saturated heterocycles. The number of nitrogens with one attached hydrogen (secondary N) is 1. The minimum absolute atomic E-state index is 0.0472. The Morgan fingerprint density at radius 1 is 1.38 bits per heavy atom. The van der Waals surface area contributed by atoms with Crippen molar-refractivity contribution in [1.82, 2.24) is 10.2 Å². The predicted molar refractivity (Wildman–Crippen MR) is 96.6 cm³/mol. The van der Waals surface area contributed by atoms with Crippen molar-refractivity contribution < 1.29 is 19.0 Å². The van der Waals surface area contributed by atoms with Crippen LogP contribution in [-0.4, -0.2) is 61.9 Å². The van der Waals surface area contributed by atoms with Crippen LogP contribution in [0, 0.1) is 5.21 Å². The average Bonchev–Trinajstić information content (AvgIpc) is 2.64. The summed E-state index contributed by atoms with van der Waals surface area (Å²) in [5, 5.41) is 14.5. The number of amides is 1. The van der Waals surface area contributed by atoms with E-state index in [4.69, 9.17) is 9.47 Å². The van der Waals surface area contributed by atoms with Gasteiger partial charge in [0.05, 0.1) is 24.9 Å². The number of carbonyl (C=O) groups is 1. The number of carbonyl (C=O) groups excluding carboxylic acids is 1. The molecule has 0 radical (unpaired) electrons. The zero-order valence-corrected chi connectivity index (χ0v) is 15.6. The highest BCUT2D eigenvalue weighted by Crippen LogP contribution is 2.27. The molecule has 1 aromatic heterocycles. The van der Waals surface area contributed by atoms with Crippen molar-refractivity contribution in [3.05, 3.63) is 35.3 Å². The second kappa shape index (κ2) is 8.33. The summed E-state index contributed by atoms with van der Waals surface area (Å²) >= 11 is 0. The maximum Gasteiger partial charge on any atom is 0.248 e. The first-order chi connectivity index (χ1) is 12.4. The number of aromatic nitrogens is 1. The number of pyridine rings is 1. The molecule has 1 atom stereocenters. The van der Waals surface area contributed by atoms with Crippen molar-refractivity contribution in [1.29, 1.82) is 0 Å². The van der Waals surface area contributed by atoms with E-state index < -0.39 is 0 Å². The molecule has 0 saturated carbocycles. The molecule has 1 aromatic rings. The van der Waals surface area contributed by atoms with Gasteiger partial charge in [0.1, 0.15) is 6.61 Å². The molecule has 3 rings (SSSR count). The van der Waals surface area contributed by atoms with E-state index >= 15 is 0 Å². The van der Waals surface area contributed by atoms with Crippen molar-refractivity contribution >= 4 is 5.91 Å². The zero-order chi connectivity index (χ0) is 18.6. The van der Waals surface area contributed by atoms with E-state index in [-0.39, 0.29) is 24.2 Å². The van der Waals surface area contributed by atoms with Crippen molar-refractivity contribution in [2.75, 3.05) is 39.5 Å². The second-order valence-corrected chi connectivity index (χ2v) is 7.81. The lowest BCUT2D eigenvalue weighted by Gasteiger charge is -2.36. The Bertz CT molecular complexity index is 587. The lowest BCUT2D eigenvalue weighted by Crippen LogP contribution is -2.53. The van der Waals surface area contributed by atoms with Gasteiger partial charge in [-0.15, -0.1) is 0 Å². The number of piperidine rings is 1. The fourth-order valence-corrected chi connectivity index (χ4v) is 3.47. The predicted octanol–water partition coefficient (Wildman–Crippen LogP) is 0.810.